The first-order valence-corrected chi connectivity index (χ1v) is 11.4. The third-order valence-electron chi connectivity index (χ3n) is 7.45. The molecule has 1 fully saturated rings. The molecule has 2 aromatic carbocycles. The van der Waals surface area contributed by atoms with Gasteiger partial charge in [-0.05, 0) is 55.0 Å². The van der Waals surface area contributed by atoms with E-state index in [1.54, 1.807) is 24.3 Å². The third kappa shape index (κ3) is 5.19. The molecule has 0 aliphatic heterocycles. The molecule has 0 aromatic heterocycles. The molecule has 34 heavy (non-hydrogen) atoms. The van der Waals surface area contributed by atoms with Crippen LogP contribution in [-0.4, -0.2) is 35.2 Å². The van der Waals surface area contributed by atoms with Crippen molar-refractivity contribution in [2.24, 2.45) is 16.7 Å². The molecule has 3 rings (SSSR count). The van der Waals surface area contributed by atoms with Gasteiger partial charge in [0.25, 0.3) is 5.91 Å². The second-order valence-electron chi connectivity index (χ2n) is 9.97. The summed E-state index contributed by atoms with van der Waals surface area (Å²) in [5.41, 5.74) is 1.71. The lowest BCUT2D eigenvalue weighted by molar-refractivity contribution is -0.143. The Bertz CT molecular complexity index is 1080. The van der Waals surface area contributed by atoms with E-state index < -0.39 is 28.8 Å². The molecule has 3 N–H and O–H groups in total. The number of carboxylic acid groups (broad SMARTS) is 1. The number of hydrogen-bond acceptors (Lipinski definition) is 4. The van der Waals surface area contributed by atoms with E-state index in [0.717, 1.165) is 11.8 Å². The van der Waals surface area contributed by atoms with E-state index in [4.69, 9.17) is 0 Å². The number of carbonyl (C=O) groups is 4. The van der Waals surface area contributed by atoms with Crippen LogP contribution in [0.25, 0.3) is 0 Å². The molecule has 2 amide bonds. The van der Waals surface area contributed by atoms with Crippen LogP contribution in [0.5, 0.6) is 0 Å². The summed E-state index contributed by atoms with van der Waals surface area (Å²) in [6, 6.07) is 13.0. The maximum absolute atomic E-state index is 13.0. The molecular formula is C27H32N2O5. The maximum atomic E-state index is 13.0. The molecule has 0 heterocycles. The molecule has 1 aliphatic carbocycles. The Labute approximate surface area is 199 Å². The minimum Gasteiger partial charge on any atom is -0.480 e. The van der Waals surface area contributed by atoms with Crippen LogP contribution in [0.2, 0.25) is 0 Å². The number of carboxylic acids is 1. The first kappa shape index (κ1) is 25.1. The molecule has 180 valence electrons. The number of anilines is 1. The Kier molecular flexibility index (Phi) is 7.24. The van der Waals surface area contributed by atoms with Crippen molar-refractivity contribution in [3.05, 3.63) is 65.2 Å². The van der Waals surface area contributed by atoms with Crippen LogP contribution in [-0.2, 0) is 20.8 Å². The fraction of sp³-hybridized carbons (Fsp3) is 0.407. The molecule has 0 radical (unpaired) electrons. The van der Waals surface area contributed by atoms with Gasteiger partial charge in [0, 0.05) is 29.0 Å². The highest BCUT2D eigenvalue weighted by Gasteiger charge is 2.54. The summed E-state index contributed by atoms with van der Waals surface area (Å²) < 4.78 is 0. The van der Waals surface area contributed by atoms with Crippen LogP contribution in [0, 0.1) is 23.7 Å². The molecule has 0 unspecified atom stereocenters. The highest BCUT2D eigenvalue weighted by atomic mass is 16.4. The highest BCUT2D eigenvalue weighted by Crippen LogP contribution is 2.54. The number of aldehydes is 1. The summed E-state index contributed by atoms with van der Waals surface area (Å²) in [6.07, 6.45) is 2.11. The van der Waals surface area contributed by atoms with Gasteiger partial charge in [0.1, 0.15) is 12.3 Å². The Morgan fingerprint density at radius 1 is 1.06 bits per heavy atom. The predicted molar refractivity (Wildman–Crippen MR) is 130 cm³/mol. The van der Waals surface area contributed by atoms with Crippen molar-refractivity contribution in [3.8, 4) is 0 Å². The number of benzene rings is 2. The average Bonchev–Trinajstić information content (AvgIpc) is 3.04. The molecule has 7 heteroatoms. The van der Waals surface area contributed by atoms with Gasteiger partial charge in [0.2, 0.25) is 5.91 Å². The van der Waals surface area contributed by atoms with E-state index >= 15 is 0 Å². The Morgan fingerprint density at radius 3 is 2.21 bits per heavy atom. The lowest BCUT2D eigenvalue weighted by Gasteiger charge is -2.37. The fourth-order valence-electron chi connectivity index (χ4n) is 4.54. The maximum Gasteiger partial charge on any atom is 0.326 e. The second-order valence-corrected chi connectivity index (χ2v) is 9.97. The van der Waals surface area contributed by atoms with Crippen LogP contribution < -0.4 is 10.6 Å². The van der Waals surface area contributed by atoms with Crippen molar-refractivity contribution in [2.75, 3.05) is 5.32 Å². The van der Waals surface area contributed by atoms with Crippen molar-refractivity contribution in [3.63, 3.8) is 0 Å². The smallest absolute Gasteiger partial charge is 0.326 e. The molecule has 0 spiro atoms. The summed E-state index contributed by atoms with van der Waals surface area (Å²) in [4.78, 5) is 48.9. The number of aryl methyl sites for hydroxylation is 1. The lowest BCUT2D eigenvalue weighted by Crippen LogP contribution is -2.48. The van der Waals surface area contributed by atoms with E-state index in [1.807, 2.05) is 52.0 Å². The molecule has 2 aromatic rings. The van der Waals surface area contributed by atoms with Gasteiger partial charge in [-0.2, -0.15) is 0 Å². The van der Waals surface area contributed by atoms with Crippen molar-refractivity contribution in [1.29, 1.82) is 0 Å². The van der Waals surface area contributed by atoms with Crippen LogP contribution in [0.15, 0.2) is 48.5 Å². The van der Waals surface area contributed by atoms with Crippen LogP contribution in [0.3, 0.4) is 0 Å². The van der Waals surface area contributed by atoms with Gasteiger partial charge >= 0.3 is 5.97 Å². The van der Waals surface area contributed by atoms with E-state index in [0.29, 0.717) is 29.7 Å². The third-order valence-corrected chi connectivity index (χ3v) is 7.45. The van der Waals surface area contributed by atoms with Gasteiger partial charge in [-0.1, -0.05) is 50.6 Å². The largest absolute Gasteiger partial charge is 0.480 e. The summed E-state index contributed by atoms with van der Waals surface area (Å²) >= 11 is 0. The SMILES string of the molecule is Cc1ccc(NC(=O)c2ccc(C[C@H](NC(=O)[C@H]3CC[C@@](C)(C=O)C3(C)C)C(=O)O)cc2)cc1. The zero-order valence-corrected chi connectivity index (χ0v) is 20.1. The molecular weight excluding hydrogens is 432 g/mol. The van der Waals surface area contributed by atoms with E-state index in [-0.39, 0.29) is 18.2 Å². The molecule has 0 bridgehead atoms. The molecule has 1 aliphatic rings. The van der Waals surface area contributed by atoms with Crippen molar-refractivity contribution >= 4 is 29.8 Å². The van der Waals surface area contributed by atoms with Gasteiger partial charge in [-0.3, -0.25) is 9.59 Å². The summed E-state index contributed by atoms with van der Waals surface area (Å²) in [5, 5.41) is 15.2. The van der Waals surface area contributed by atoms with Gasteiger partial charge in [0.05, 0.1) is 0 Å². The summed E-state index contributed by atoms with van der Waals surface area (Å²) in [6.45, 7) is 7.58. The van der Waals surface area contributed by atoms with Crippen molar-refractivity contribution in [1.82, 2.24) is 5.32 Å². The van der Waals surface area contributed by atoms with Gasteiger partial charge in [-0.25, -0.2) is 4.79 Å². The van der Waals surface area contributed by atoms with Crippen LogP contribution >= 0.6 is 0 Å². The first-order chi connectivity index (χ1) is 16.0. The Morgan fingerprint density at radius 2 is 1.68 bits per heavy atom. The summed E-state index contributed by atoms with van der Waals surface area (Å²) in [7, 11) is 0. The quantitative estimate of drug-likeness (QED) is 0.511. The van der Waals surface area contributed by atoms with Gasteiger partial charge in [-0.15, -0.1) is 0 Å². The number of aliphatic carboxylic acids is 1. The minimum atomic E-state index is -1.14. The lowest BCUT2D eigenvalue weighted by atomic mass is 9.66. The van der Waals surface area contributed by atoms with Crippen molar-refractivity contribution in [2.45, 2.75) is 53.0 Å². The van der Waals surface area contributed by atoms with E-state index in [9.17, 15) is 24.3 Å². The number of amides is 2. The minimum absolute atomic E-state index is 0.0824. The molecule has 1 saturated carbocycles. The number of carbonyl (C=O) groups excluding carboxylic acids is 3. The van der Waals surface area contributed by atoms with Crippen LogP contribution in [0.1, 0.15) is 55.1 Å². The van der Waals surface area contributed by atoms with Crippen LogP contribution in [0.4, 0.5) is 5.69 Å². The molecule has 7 nitrogen and oxygen atoms in total. The second kappa shape index (κ2) is 9.79. The molecule has 3 atom stereocenters. The number of nitrogens with one attached hydrogen (secondary N) is 2. The van der Waals surface area contributed by atoms with E-state index in [1.165, 1.54) is 0 Å². The fourth-order valence-corrected chi connectivity index (χ4v) is 4.54. The normalized spacial score (nSPS) is 21.9. The summed E-state index contributed by atoms with van der Waals surface area (Å²) in [5.74, 6) is -2.20. The number of rotatable bonds is 8. The standard InChI is InChI=1S/C27H32N2O5/c1-17-5-11-20(12-6-17)28-23(31)19-9-7-18(8-10-19)15-22(25(33)34)29-24(32)21-13-14-27(4,16-30)26(21,2)3/h5-12,16,21-22H,13-15H2,1-4H3,(H,28,31)(H,29,32)(H,33,34)/t21-,22+,27+/m1/s1. The zero-order valence-electron chi connectivity index (χ0n) is 20.1. The number of hydrogen-bond donors (Lipinski definition) is 3. The van der Waals surface area contributed by atoms with Gasteiger partial charge < -0.3 is 20.5 Å². The highest BCUT2D eigenvalue weighted by molar-refractivity contribution is 6.04. The zero-order chi connectivity index (χ0) is 25.1. The predicted octanol–water partition coefficient (Wildman–Crippen LogP) is 4.00. The monoisotopic (exact) mass is 464 g/mol. The Hall–Kier alpha value is -3.48. The van der Waals surface area contributed by atoms with E-state index in [2.05, 4.69) is 10.6 Å². The van der Waals surface area contributed by atoms with Crippen molar-refractivity contribution < 1.29 is 24.3 Å². The topological polar surface area (TPSA) is 113 Å². The average molecular weight is 465 g/mol. The first-order valence-electron chi connectivity index (χ1n) is 11.4. The Balaban J connectivity index is 1.65. The van der Waals surface area contributed by atoms with Gasteiger partial charge in [0.15, 0.2) is 0 Å². The molecule has 0 saturated heterocycles.